The zero-order chi connectivity index (χ0) is 31.3. The summed E-state index contributed by atoms with van der Waals surface area (Å²) in [4.78, 5) is 25.7. The summed E-state index contributed by atoms with van der Waals surface area (Å²) in [6, 6.07) is 6.88. The summed E-state index contributed by atoms with van der Waals surface area (Å²) in [6.07, 6.45) is -12.0. The molecule has 0 spiro atoms. The Morgan fingerprint density at radius 3 is 1.81 bits per heavy atom. The molecule has 1 amide bonds. The lowest BCUT2D eigenvalue weighted by atomic mass is 9.81. The Bertz CT molecular complexity index is 1420. The van der Waals surface area contributed by atoms with Crippen LogP contribution in [0.15, 0.2) is 53.4 Å². The first-order valence-electron chi connectivity index (χ1n) is 12.8. The fourth-order valence-electron chi connectivity index (χ4n) is 5.76. The second-order valence-electron chi connectivity index (χ2n) is 10.6. The van der Waals surface area contributed by atoms with Gasteiger partial charge >= 0.3 is 24.0 Å². The van der Waals surface area contributed by atoms with Crippen molar-refractivity contribution in [3.63, 3.8) is 0 Å². The van der Waals surface area contributed by atoms with Gasteiger partial charge < -0.3 is 10.0 Å². The van der Waals surface area contributed by atoms with Crippen molar-refractivity contribution in [3.8, 4) is 0 Å². The lowest BCUT2D eigenvalue weighted by Gasteiger charge is -2.33. The molecule has 1 atom stereocenters. The molecule has 15 heteroatoms. The summed E-state index contributed by atoms with van der Waals surface area (Å²) in [5.74, 6) is -2.60. The van der Waals surface area contributed by atoms with E-state index in [9.17, 15) is 53.8 Å². The van der Waals surface area contributed by atoms with Crippen LogP contribution in [0.3, 0.4) is 0 Å². The van der Waals surface area contributed by atoms with Crippen molar-refractivity contribution in [3.05, 3.63) is 64.7 Å². The van der Waals surface area contributed by atoms with Crippen LogP contribution >= 0.6 is 11.6 Å². The van der Waals surface area contributed by atoms with Crippen molar-refractivity contribution in [2.75, 3.05) is 13.1 Å². The molecule has 42 heavy (non-hydrogen) atoms. The van der Waals surface area contributed by atoms with Gasteiger partial charge in [0.05, 0.1) is 10.8 Å². The van der Waals surface area contributed by atoms with Crippen LogP contribution in [0.25, 0.3) is 0 Å². The molecular weight excluding hydrogens is 619 g/mol. The van der Waals surface area contributed by atoms with E-state index in [2.05, 4.69) is 0 Å². The predicted octanol–water partition coefficient (Wildman–Crippen LogP) is 6.42. The van der Waals surface area contributed by atoms with Crippen molar-refractivity contribution in [1.82, 2.24) is 4.90 Å². The number of carbonyl (C=O) groups excluding carboxylic acids is 1. The molecule has 230 valence electrons. The van der Waals surface area contributed by atoms with E-state index >= 15 is 0 Å². The summed E-state index contributed by atoms with van der Waals surface area (Å²) in [6.45, 7) is -0.585. The van der Waals surface area contributed by atoms with Crippen LogP contribution in [0.4, 0.5) is 30.7 Å². The highest BCUT2D eigenvalue weighted by Gasteiger charge is 2.73. The summed E-state index contributed by atoms with van der Waals surface area (Å²) in [7, 11) is -4.46. The fraction of sp³-hybridized carbons (Fsp3) is 0.481. The number of hydrogen-bond acceptors (Lipinski definition) is 4. The topological polar surface area (TPSA) is 91.8 Å². The van der Waals surface area contributed by atoms with Crippen LogP contribution in [-0.4, -0.2) is 55.7 Å². The van der Waals surface area contributed by atoms with Crippen LogP contribution in [0, 0.1) is 11.8 Å². The van der Waals surface area contributed by atoms with Crippen LogP contribution < -0.4 is 0 Å². The van der Waals surface area contributed by atoms with Crippen molar-refractivity contribution < 1.29 is 53.8 Å². The van der Waals surface area contributed by atoms with Gasteiger partial charge in [-0.2, -0.15) is 26.3 Å². The molecule has 2 aromatic carbocycles. The molecule has 0 unspecified atom stereocenters. The van der Waals surface area contributed by atoms with Crippen LogP contribution in [-0.2, 0) is 29.8 Å². The second kappa shape index (κ2) is 11.0. The quantitative estimate of drug-likeness (QED) is 0.367. The number of halogens is 8. The Morgan fingerprint density at radius 2 is 1.33 bits per heavy atom. The van der Waals surface area contributed by atoms with E-state index in [0.717, 1.165) is 0 Å². The van der Waals surface area contributed by atoms with Gasteiger partial charge in [0.15, 0.2) is 9.84 Å². The summed E-state index contributed by atoms with van der Waals surface area (Å²) in [5, 5.41) is 9.42. The average molecular weight is 644 g/mol. The van der Waals surface area contributed by atoms with Crippen molar-refractivity contribution in [1.29, 1.82) is 0 Å². The molecule has 1 aliphatic heterocycles. The van der Waals surface area contributed by atoms with E-state index in [1.165, 1.54) is 29.2 Å². The van der Waals surface area contributed by atoms with Crippen LogP contribution in [0.5, 0.6) is 0 Å². The lowest BCUT2D eigenvalue weighted by Crippen LogP contribution is -2.50. The molecule has 4 rings (SSSR count). The number of likely N-dealkylation sites (tertiary alicyclic amines) is 1. The van der Waals surface area contributed by atoms with Crippen molar-refractivity contribution >= 4 is 33.3 Å². The van der Waals surface area contributed by atoms with Gasteiger partial charge in [-0.05, 0) is 61.9 Å². The molecular formula is C27H25ClF7NO5S. The number of nitrogens with zero attached hydrogens (tertiary/aromatic N) is 1. The molecule has 6 nitrogen and oxygen atoms in total. The van der Waals surface area contributed by atoms with Gasteiger partial charge in [-0.1, -0.05) is 35.9 Å². The van der Waals surface area contributed by atoms with Gasteiger partial charge in [-0.25, -0.2) is 12.8 Å². The Morgan fingerprint density at radius 1 is 0.833 bits per heavy atom. The Hall–Kier alpha value is -2.87. The maximum Gasteiger partial charge on any atom is 0.435 e. The monoisotopic (exact) mass is 643 g/mol. The normalized spacial score (nSPS) is 24.0. The number of hydrogen-bond donors (Lipinski definition) is 1. The smallest absolute Gasteiger partial charge is 0.435 e. The van der Waals surface area contributed by atoms with Gasteiger partial charge in [-0.15, -0.1) is 0 Å². The van der Waals surface area contributed by atoms with E-state index in [4.69, 9.17) is 11.6 Å². The summed E-state index contributed by atoms with van der Waals surface area (Å²) >= 11 is 5.88. The first-order valence-corrected chi connectivity index (χ1v) is 14.7. The highest BCUT2D eigenvalue weighted by molar-refractivity contribution is 7.92. The third kappa shape index (κ3) is 5.36. The highest BCUT2D eigenvalue weighted by atomic mass is 35.5. The second-order valence-corrected chi connectivity index (χ2v) is 13.3. The van der Waals surface area contributed by atoms with E-state index < -0.39 is 68.4 Å². The SMILES string of the molecule is O=C(O)[C@H]1CC[C@H](C(=O)N2CC[C@](c3ccc(C(F)(C(F)(F)F)C(F)(F)F)cc3)(S(=O)(=O)c3ccc(Cl)cc3)C2)CC1. The summed E-state index contributed by atoms with van der Waals surface area (Å²) in [5.41, 5.74) is -7.70. The predicted molar refractivity (Wildman–Crippen MR) is 136 cm³/mol. The molecule has 1 heterocycles. The number of benzene rings is 2. The van der Waals surface area contributed by atoms with Gasteiger partial charge in [-0.3, -0.25) is 9.59 Å². The zero-order valence-electron chi connectivity index (χ0n) is 21.7. The van der Waals surface area contributed by atoms with Crippen molar-refractivity contribution in [2.24, 2.45) is 11.8 Å². The minimum atomic E-state index is -6.35. The van der Waals surface area contributed by atoms with Crippen molar-refractivity contribution in [2.45, 2.75) is 59.8 Å². The average Bonchev–Trinajstić information content (AvgIpc) is 3.39. The third-order valence-electron chi connectivity index (χ3n) is 8.20. The van der Waals surface area contributed by atoms with Gasteiger partial charge in [0, 0.05) is 29.6 Å². The number of carboxylic acids is 1. The molecule has 2 fully saturated rings. The molecule has 0 bridgehead atoms. The minimum absolute atomic E-state index is 0.107. The molecule has 1 saturated heterocycles. The van der Waals surface area contributed by atoms with E-state index in [-0.39, 0.29) is 66.3 Å². The molecule has 1 saturated carbocycles. The molecule has 1 aliphatic carbocycles. The first-order chi connectivity index (χ1) is 19.3. The number of carboxylic acid groups (broad SMARTS) is 1. The highest BCUT2D eigenvalue weighted by Crippen LogP contribution is 2.54. The molecule has 0 aromatic heterocycles. The molecule has 0 radical (unpaired) electrons. The maximum absolute atomic E-state index is 14.7. The largest absolute Gasteiger partial charge is 0.481 e. The number of carbonyl (C=O) groups is 2. The number of rotatable bonds is 6. The lowest BCUT2D eigenvalue weighted by molar-refractivity contribution is -0.348. The molecule has 2 aliphatic rings. The standard InChI is InChI=1S/C27H25ClF7NO5S/c28-20-9-11-21(12-10-20)42(40,41)24(13-14-36(15-24)22(37)16-1-3-17(4-2-16)23(38)39)18-5-7-19(8-6-18)25(29,26(30,31)32)27(33,34)35/h5-12,16-17H,1-4,13-15H2,(H,38,39)/t16-,17-,24-/m0/s1. The summed E-state index contributed by atoms with van der Waals surface area (Å²) < 4.78 is 121. The number of amides is 1. The van der Waals surface area contributed by atoms with Crippen LogP contribution in [0.2, 0.25) is 5.02 Å². The zero-order valence-corrected chi connectivity index (χ0v) is 23.3. The minimum Gasteiger partial charge on any atom is -0.481 e. The molecule has 2 aromatic rings. The van der Waals surface area contributed by atoms with Crippen LogP contribution in [0.1, 0.15) is 43.2 Å². The molecule has 1 N–H and O–H groups in total. The van der Waals surface area contributed by atoms with Gasteiger partial charge in [0.2, 0.25) is 5.91 Å². The van der Waals surface area contributed by atoms with Gasteiger partial charge in [0.25, 0.3) is 0 Å². The number of sulfone groups is 1. The van der Waals surface area contributed by atoms with E-state index in [1.54, 1.807) is 0 Å². The fourth-order valence-corrected chi connectivity index (χ4v) is 7.96. The van der Waals surface area contributed by atoms with E-state index in [0.29, 0.717) is 12.1 Å². The maximum atomic E-state index is 14.7. The van der Waals surface area contributed by atoms with E-state index in [1.807, 2.05) is 0 Å². The Kier molecular flexibility index (Phi) is 8.39. The number of aliphatic carboxylic acids is 1. The Labute approximate surface area is 241 Å². The first kappa shape index (κ1) is 32.1. The third-order valence-corrected chi connectivity index (χ3v) is 10.9. The Balaban J connectivity index is 1.74. The number of alkyl halides is 7. The van der Waals surface area contributed by atoms with Gasteiger partial charge in [0.1, 0.15) is 4.75 Å².